The summed E-state index contributed by atoms with van der Waals surface area (Å²) in [6.07, 6.45) is 1.18. The molecule has 2 N–H and O–H groups in total. The second kappa shape index (κ2) is 8.65. The van der Waals surface area contributed by atoms with Crippen molar-refractivity contribution < 1.29 is 9.53 Å². The molecule has 27 heavy (non-hydrogen) atoms. The van der Waals surface area contributed by atoms with Gasteiger partial charge in [-0.25, -0.2) is 4.68 Å². The molecule has 0 bridgehead atoms. The number of carbonyl (C=O) groups excluding carboxylic acids is 1. The molecule has 3 rings (SSSR count). The molecule has 0 saturated carbocycles. The fourth-order valence-corrected chi connectivity index (χ4v) is 4.28. The van der Waals surface area contributed by atoms with Crippen LogP contribution in [0.2, 0.25) is 0 Å². The van der Waals surface area contributed by atoms with Gasteiger partial charge in [-0.05, 0) is 49.4 Å². The quantitative estimate of drug-likeness (QED) is 0.604. The number of ether oxygens (including phenoxy) is 1. The van der Waals surface area contributed by atoms with Crippen LogP contribution in [0.15, 0.2) is 29.4 Å². The lowest BCUT2D eigenvalue weighted by atomic mass is 9.92. The van der Waals surface area contributed by atoms with Crippen LogP contribution < -0.4 is 10.6 Å². The fourth-order valence-electron chi connectivity index (χ4n) is 3.52. The lowest BCUT2D eigenvalue weighted by Gasteiger charge is -2.34. The molecule has 1 aromatic heterocycles. The average Bonchev–Trinajstić information content (AvgIpc) is 3.00. The highest BCUT2D eigenvalue weighted by atomic mass is 32.2. The second-order valence-corrected chi connectivity index (χ2v) is 8.11. The molecule has 1 amide bonds. The van der Waals surface area contributed by atoms with Crippen LogP contribution in [-0.4, -0.2) is 51.1 Å². The summed E-state index contributed by atoms with van der Waals surface area (Å²) in [6.45, 7) is 8.62. The van der Waals surface area contributed by atoms with Crippen molar-refractivity contribution in [2.24, 2.45) is 11.8 Å². The van der Waals surface area contributed by atoms with E-state index in [4.69, 9.17) is 10.6 Å². The summed E-state index contributed by atoms with van der Waals surface area (Å²) < 4.78 is 6.89. The zero-order valence-corrected chi connectivity index (χ0v) is 16.9. The third kappa shape index (κ3) is 4.74. The van der Waals surface area contributed by atoms with E-state index in [2.05, 4.69) is 24.0 Å². The smallest absolute Gasteiger partial charge is 0.233 e. The predicted octanol–water partition coefficient (Wildman–Crippen LogP) is 2.65. The number of nitrogens with two attached hydrogens (primary N) is 1. The first-order valence-corrected chi connectivity index (χ1v) is 10.3. The highest BCUT2D eigenvalue weighted by molar-refractivity contribution is 7.99. The third-order valence-electron chi connectivity index (χ3n) is 4.63. The van der Waals surface area contributed by atoms with Crippen molar-refractivity contribution in [3.05, 3.63) is 24.3 Å². The monoisotopic (exact) mass is 389 g/mol. The van der Waals surface area contributed by atoms with E-state index in [9.17, 15) is 4.79 Å². The summed E-state index contributed by atoms with van der Waals surface area (Å²) in [6, 6.07) is 7.55. The number of rotatable bonds is 6. The number of likely N-dealkylation sites (tertiary alicyclic amines) is 1. The Morgan fingerprint density at radius 2 is 1.89 bits per heavy atom. The summed E-state index contributed by atoms with van der Waals surface area (Å²) in [5, 5.41) is 8.86. The Morgan fingerprint density at radius 1 is 1.22 bits per heavy atom. The van der Waals surface area contributed by atoms with Crippen molar-refractivity contribution in [1.82, 2.24) is 19.8 Å². The molecule has 1 aliphatic heterocycles. The largest absolute Gasteiger partial charge is 0.494 e. The Hall–Kier alpha value is -2.22. The minimum Gasteiger partial charge on any atom is -0.494 e. The molecule has 0 aliphatic carbocycles. The van der Waals surface area contributed by atoms with E-state index in [1.807, 2.05) is 36.1 Å². The van der Waals surface area contributed by atoms with Gasteiger partial charge < -0.3 is 15.5 Å². The van der Waals surface area contributed by atoms with Crippen molar-refractivity contribution in [2.45, 2.75) is 32.3 Å². The van der Waals surface area contributed by atoms with Crippen molar-refractivity contribution in [3.8, 4) is 17.1 Å². The van der Waals surface area contributed by atoms with Crippen LogP contribution in [0.1, 0.15) is 27.2 Å². The molecule has 2 unspecified atom stereocenters. The van der Waals surface area contributed by atoms with Gasteiger partial charge in [0.2, 0.25) is 11.1 Å². The topological polar surface area (TPSA) is 86.3 Å². The fraction of sp³-hybridized carbons (Fsp3) is 0.526. The first-order chi connectivity index (χ1) is 13.0. The standard InChI is InChI=1S/C19H27N5O2S/c1-4-26-16-7-5-15(6-8-16)18-21-22-19(24(18)20)27-12-17(25)23-10-13(2)9-14(3)11-23/h5-8,13-14H,4,9-12,20H2,1-3H3. The average molecular weight is 390 g/mol. The predicted molar refractivity (Wildman–Crippen MR) is 107 cm³/mol. The Morgan fingerprint density at radius 3 is 2.52 bits per heavy atom. The van der Waals surface area contributed by atoms with Gasteiger partial charge in [0.05, 0.1) is 12.4 Å². The molecular weight excluding hydrogens is 362 g/mol. The Kier molecular flexibility index (Phi) is 6.26. The van der Waals surface area contributed by atoms with E-state index < -0.39 is 0 Å². The van der Waals surface area contributed by atoms with E-state index >= 15 is 0 Å². The van der Waals surface area contributed by atoms with E-state index in [0.29, 0.717) is 35.2 Å². The third-order valence-corrected chi connectivity index (χ3v) is 5.56. The van der Waals surface area contributed by atoms with Crippen LogP contribution in [0.4, 0.5) is 0 Å². The molecular formula is C19H27N5O2S. The van der Waals surface area contributed by atoms with Gasteiger partial charge in [0.15, 0.2) is 5.82 Å². The van der Waals surface area contributed by atoms with Gasteiger partial charge in [-0.2, -0.15) is 0 Å². The van der Waals surface area contributed by atoms with Gasteiger partial charge in [0, 0.05) is 18.7 Å². The molecule has 1 aromatic carbocycles. The molecule has 0 radical (unpaired) electrons. The summed E-state index contributed by atoms with van der Waals surface area (Å²) in [5.74, 6) is 9.06. The molecule has 1 aliphatic rings. The van der Waals surface area contributed by atoms with E-state index in [1.54, 1.807) is 0 Å². The molecule has 0 spiro atoms. The Balaban J connectivity index is 1.62. The van der Waals surface area contributed by atoms with Crippen molar-refractivity contribution >= 4 is 17.7 Å². The number of thioether (sulfide) groups is 1. The number of piperidine rings is 1. The highest BCUT2D eigenvalue weighted by Gasteiger charge is 2.25. The minimum absolute atomic E-state index is 0.129. The van der Waals surface area contributed by atoms with Gasteiger partial charge >= 0.3 is 0 Å². The maximum Gasteiger partial charge on any atom is 0.233 e. The number of benzene rings is 1. The number of hydrogen-bond acceptors (Lipinski definition) is 6. The maximum absolute atomic E-state index is 12.5. The van der Waals surface area contributed by atoms with Gasteiger partial charge in [0.1, 0.15) is 5.75 Å². The Bertz CT molecular complexity index is 767. The summed E-state index contributed by atoms with van der Waals surface area (Å²) in [4.78, 5) is 14.5. The lowest BCUT2D eigenvalue weighted by Crippen LogP contribution is -2.43. The molecule has 8 heteroatoms. The van der Waals surface area contributed by atoms with Gasteiger partial charge in [-0.1, -0.05) is 25.6 Å². The first kappa shape index (κ1) is 19.5. The van der Waals surface area contributed by atoms with E-state index in [1.165, 1.54) is 22.9 Å². The van der Waals surface area contributed by atoms with Gasteiger partial charge in [0.25, 0.3) is 0 Å². The van der Waals surface area contributed by atoms with Gasteiger partial charge in [-0.15, -0.1) is 10.2 Å². The van der Waals surface area contributed by atoms with Crippen molar-refractivity contribution in [2.75, 3.05) is 31.3 Å². The summed E-state index contributed by atoms with van der Waals surface area (Å²) in [7, 11) is 0. The maximum atomic E-state index is 12.5. The zero-order chi connectivity index (χ0) is 19.4. The summed E-state index contributed by atoms with van der Waals surface area (Å²) >= 11 is 1.33. The summed E-state index contributed by atoms with van der Waals surface area (Å²) in [5.41, 5.74) is 0.852. The molecule has 2 atom stereocenters. The molecule has 1 fully saturated rings. The van der Waals surface area contributed by atoms with E-state index in [-0.39, 0.29) is 5.91 Å². The van der Waals surface area contributed by atoms with E-state index in [0.717, 1.165) is 24.4 Å². The Labute approximate surface area is 164 Å². The molecule has 146 valence electrons. The number of amides is 1. The molecule has 2 heterocycles. The minimum atomic E-state index is 0.129. The SMILES string of the molecule is CCOc1ccc(-c2nnc(SCC(=O)N3CC(C)CC(C)C3)n2N)cc1. The number of nitrogen functional groups attached to an aromatic ring is 1. The van der Waals surface area contributed by atoms with Crippen LogP contribution in [0, 0.1) is 11.8 Å². The normalized spacial score (nSPS) is 19.9. The second-order valence-electron chi connectivity index (χ2n) is 7.17. The number of carbonyl (C=O) groups is 1. The lowest BCUT2D eigenvalue weighted by molar-refractivity contribution is -0.130. The van der Waals surface area contributed by atoms with Crippen LogP contribution in [-0.2, 0) is 4.79 Å². The van der Waals surface area contributed by atoms with Crippen LogP contribution in [0.5, 0.6) is 5.75 Å². The number of aromatic nitrogens is 3. The van der Waals surface area contributed by atoms with Crippen molar-refractivity contribution in [3.63, 3.8) is 0 Å². The highest BCUT2D eigenvalue weighted by Crippen LogP contribution is 2.25. The van der Waals surface area contributed by atoms with Crippen molar-refractivity contribution in [1.29, 1.82) is 0 Å². The van der Waals surface area contributed by atoms with Crippen LogP contribution in [0.3, 0.4) is 0 Å². The molecule has 2 aromatic rings. The number of nitrogens with zero attached hydrogens (tertiary/aromatic N) is 4. The number of hydrogen-bond donors (Lipinski definition) is 1. The molecule has 1 saturated heterocycles. The molecule has 7 nitrogen and oxygen atoms in total. The first-order valence-electron chi connectivity index (χ1n) is 9.32. The van der Waals surface area contributed by atoms with Crippen LogP contribution >= 0.6 is 11.8 Å². The van der Waals surface area contributed by atoms with Gasteiger partial charge in [-0.3, -0.25) is 4.79 Å². The zero-order valence-electron chi connectivity index (χ0n) is 16.1. The van der Waals surface area contributed by atoms with Crippen LogP contribution in [0.25, 0.3) is 11.4 Å².